The largest absolute Gasteiger partial charge is 0.485 e. The number of hydrogen-bond donors (Lipinski definition) is 0. The third-order valence-corrected chi connectivity index (χ3v) is 4.34. The maximum atomic E-state index is 5.96. The Balaban J connectivity index is 1.33. The Hall–Kier alpha value is -3.93. The molecule has 0 aliphatic carbocycles. The highest BCUT2D eigenvalue weighted by molar-refractivity contribution is 5.88. The molecule has 0 amide bonds. The number of ether oxygens (including phenoxy) is 1. The lowest BCUT2D eigenvalue weighted by Crippen LogP contribution is -1.94. The zero-order valence-corrected chi connectivity index (χ0v) is 14.8. The fraction of sp³-hybridized carbons (Fsp3) is 0.0455. The second-order valence-corrected chi connectivity index (χ2v) is 6.18. The fourth-order valence-electron chi connectivity index (χ4n) is 2.97. The van der Waals surface area contributed by atoms with Crippen LogP contribution >= 0.6 is 0 Å². The average Bonchev–Trinajstić information content (AvgIpc) is 3.42. The molecular weight excluding hydrogens is 354 g/mol. The van der Waals surface area contributed by atoms with Gasteiger partial charge in [0.15, 0.2) is 5.76 Å². The third-order valence-electron chi connectivity index (χ3n) is 4.34. The molecule has 5 aromatic rings. The molecular formula is C22H15N3O3. The van der Waals surface area contributed by atoms with Crippen LogP contribution in [-0.4, -0.2) is 15.2 Å². The van der Waals surface area contributed by atoms with Gasteiger partial charge < -0.3 is 13.6 Å². The maximum Gasteiger partial charge on any atom is 0.283 e. The van der Waals surface area contributed by atoms with Gasteiger partial charge in [0.25, 0.3) is 5.89 Å². The van der Waals surface area contributed by atoms with Gasteiger partial charge in [0, 0.05) is 23.3 Å². The fourth-order valence-corrected chi connectivity index (χ4v) is 2.97. The Morgan fingerprint density at radius 3 is 2.50 bits per heavy atom. The van der Waals surface area contributed by atoms with Crippen LogP contribution in [0.1, 0.15) is 5.76 Å². The zero-order valence-electron chi connectivity index (χ0n) is 14.8. The lowest BCUT2D eigenvalue weighted by Gasteiger charge is -2.07. The van der Waals surface area contributed by atoms with Crippen molar-refractivity contribution < 1.29 is 13.6 Å². The number of rotatable bonds is 5. The zero-order chi connectivity index (χ0) is 18.8. The van der Waals surface area contributed by atoms with Crippen LogP contribution in [0.2, 0.25) is 0 Å². The van der Waals surface area contributed by atoms with Crippen LogP contribution in [0.15, 0.2) is 88.0 Å². The van der Waals surface area contributed by atoms with E-state index in [2.05, 4.69) is 27.3 Å². The van der Waals surface area contributed by atoms with Crippen molar-refractivity contribution >= 4 is 10.8 Å². The van der Waals surface area contributed by atoms with Crippen LogP contribution in [0.25, 0.3) is 33.9 Å². The molecule has 0 N–H and O–H groups in total. The summed E-state index contributed by atoms with van der Waals surface area (Å²) in [5.41, 5.74) is 0.805. The molecule has 0 aliphatic rings. The van der Waals surface area contributed by atoms with Crippen LogP contribution in [0.4, 0.5) is 0 Å². The van der Waals surface area contributed by atoms with Crippen LogP contribution < -0.4 is 4.74 Å². The van der Waals surface area contributed by atoms with Crippen LogP contribution in [0, 0.1) is 0 Å². The molecule has 3 heterocycles. The van der Waals surface area contributed by atoms with Gasteiger partial charge in [0.1, 0.15) is 18.1 Å². The molecule has 2 aromatic carbocycles. The minimum absolute atomic E-state index is 0.305. The molecule has 28 heavy (non-hydrogen) atoms. The molecule has 0 spiro atoms. The Bertz CT molecular complexity index is 1220. The first kappa shape index (κ1) is 16.3. The van der Waals surface area contributed by atoms with E-state index in [1.54, 1.807) is 18.5 Å². The molecule has 6 nitrogen and oxygen atoms in total. The van der Waals surface area contributed by atoms with Crippen molar-refractivity contribution in [2.45, 2.75) is 6.61 Å². The Morgan fingerprint density at radius 1 is 0.750 bits per heavy atom. The first-order chi connectivity index (χ1) is 13.9. The summed E-state index contributed by atoms with van der Waals surface area (Å²) in [4.78, 5) is 3.98. The number of aromatic nitrogens is 3. The summed E-state index contributed by atoms with van der Waals surface area (Å²) in [5, 5.41) is 10.3. The molecule has 0 unspecified atom stereocenters. The predicted octanol–water partition coefficient (Wildman–Crippen LogP) is 5.12. The minimum Gasteiger partial charge on any atom is -0.485 e. The van der Waals surface area contributed by atoms with E-state index in [1.807, 2.05) is 48.5 Å². The first-order valence-corrected chi connectivity index (χ1v) is 8.80. The number of nitrogens with zero attached hydrogens (tertiary/aromatic N) is 3. The number of furan rings is 1. The van der Waals surface area contributed by atoms with E-state index < -0.39 is 0 Å². The van der Waals surface area contributed by atoms with Gasteiger partial charge in [-0.3, -0.25) is 4.98 Å². The second-order valence-electron chi connectivity index (χ2n) is 6.18. The summed E-state index contributed by atoms with van der Waals surface area (Å²) in [6, 6.07) is 21.3. The van der Waals surface area contributed by atoms with E-state index in [0.29, 0.717) is 29.9 Å². The topological polar surface area (TPSA) is 74.2 Å². The smallest absolute Gasteiger partial charge is 0.283 e. The van der Waals surface area contributed by atoms with Crippen molar-refractivity contribution in [3.8, 4) is 28.9 Å². The molecule has 3 aromatic heterocycles. The van der Waals surface area contributed by atoms with Gasteiger partial charge in [-0.25, -0.2) is 0 Å². The summed E-state index contributed by atoms with van der Waals surface area (Å²) in [6.07, 6.45) is 3.35. The highest BCUT2D eigenvalue weighted by Crippen LogP contribution is 2.28. The quantitative estimate of drug-likeness (QED) is 0.428. The molecule has 0 saturated carbocycles. The van der Waals surface area contributed by atoms with Gasteiger partial charge in [0.05, 0.1) is 0 Å². The summed E-state index contributed by atoms with van der Waals surface area (Å²) >= 11 is 0. The van der Waals surface area contributed by atoms with Crippen molar-refractivity contribution in [1.29, 1.82) is 0 Å². The summed E-state index contributed by atoms with van der Waals surface area (Å²) in [6.45, 7) is 0.305. The van der Waals surface area contributed by atoms with E-state index >= 15 is 0 Å². The molecule has 136 valence electrons. The molecule has 0 saturated heterocycles. The summed E-state index contributed by atoms with van der Waals surface area (Å²) < 4.78 is 17.5. The van der Waals surface area contributed by atoms with Crippen LogP contribution in [0.5, 0.6) is 5.75 Å². The summed E-state index contributed by atoms with van der Waals surface area (Å²) in [7, 11) is 0. The minimum atomic E-state index is 0.305. The maximum absolute atomic E-state index is 5.96. The average molecular weight is 369 g/mol. The standard InChI is InChI=1S/C22H15N3O3/c1-2-6-18-15(4-1)5-3-7-19(18)26-14-17-8-9-20(27-17)22-25-24-21(28-22)16-10-12-23-13-11-16/h1-13H,14H2. The SMILES string of the molecule is c1ccc2c(OCc3ccc(-c4nnc(-c5ccncc5)o4)o3)cccc2c1. The van der Waals surface area contributed by atoms with Gasteiger partial charge in [0.2, 0.25) is 5.89 Å². The number of pyridine rings is 1. The highest BCUT2D eigenvalue weighted by atomic mass is 16.5. The van der Waals surface area contributed by atoms with E-state index in [1.165, 1.54) is 0 Å². The van der Waals surface area contributed by atoms with Crippen molar-refractivity contribution in [2.24, 2.45) is 0 Å². The molecule has 0 atom stereocenters. The summed E-state index contributed by atoms with van der Waals surface area (Å²) in [5.74, 6) is 2.73. The highest BCUT2D eigenvalue weighted by Gasteiger charge is 2.14. The molecule has 6 heteroatoms. The lowest BCUT2D eigenvalue weighted by molar-refractivity contribution is 0.274. The van der Waals surface area contributed by atoms with Crippen molar-refractivity contribution in [2.75, 3.05) is 0 Å². The first-order valence-electron chi connectivity index (χ1n) is 8.80. The molecule has 0 radical (unpaired) electrons. The van der Waals surface area contributed by atoms with Crippen LogP contribution in [0.3, 0.4) is 0 Å². The van der Waals surface area contributed by atoms with E-state index in [0.717, 1.165) is 22.1 Å². The van der Waals surface area contributed by atoms with E-state index in [9.17, 15) is 0 Å². The normalized spacial score (nSPS) is 11.0. The number of benzene rings is 2. The Labute approximate surface area is 160 Å². The molecule has 5 rings (SSSR count). The van der Waals surface area contributed by atoms with Crippen LogP contribution in [-0.2, 0) is 6.61 Å². The Kier molecular flexibility index (Phi) is 4.06. The molecule has 0 bridgehead atoms. The molecule has 0 aliphatic heterocycles. The van der Waals surface area contributed by atoms with Crippen molar-refractivity contribution in [3.05, 3.63) is 84.9 Å². The van der Waals surface area contributed by atoms with E-state index in [4.69, 9.17) is 13.6 Å². The second kappa shape index (κ2) is 7.00. The lowest BCUT2D eigenvalue weighted by atomic mass is 10.1. The number of hydrogen-bond acceptors (Lipinski definition) is 6. The van der Waals surface area contributed by atoms with Gasteiger partial charge in [-0.05, 0) is 35.7 Å². The Morgan fingerprint density at radius 2 is 1.57 bits per heavy atom. The van der Waals surface area contributed by atoms with E-state index in [-0.39, 0.29) is 0 Å². The van der Waals surface area contributed by atoms with Crippen molar-refractivity contribution in [3.63, 3.8) is 0 Å². The predicted molar refractivity (Wildman–Crippen MR) is 104 cm³/mol. The van der Waals surface area contributed by atoms with Crippen molar-refractivity contribution in [1.82, 2.24) is 15.2 Å². The van der Waals surface area contributed by atoms with Gasteiger partial charge in [-0.1, -0.05) is 36.4 Å². The van der Waals surface area contributed by atoms with Gasteiger partial charge in [-0.2, -0.15) is 0 Å². The van der Waals surface area contributed by atoms with Gasteiger partial charge in [-0.15, -0.1) is 10.2 Å². The monoisotopic (exact) mass is 369 g/mol. The number of fused-ring (bicyclic) bond motifs is 1. The molecule has 0 fully saturated rings. The van der Waals surface area contributed by atoms with Gasteiger partial charge >= 0.3 is 0 Å². The third kappa shape index (κ3) is 3.12.